The second kappa shape index (κ2) is 8.68. The van der Waals surface area contributed by atoms with E-state index < -0.39 is 5.91 Å². The van der Waals surface area contributed by atoms with E-state index in [1.54, 1.807) is 30.3 Å². The number of carbonyl (C=O) groups excluding carboxylic acids is 2. The summed E-state index contributed by atoms with van der Waals surface area (Å²) in [5.74, 6) is 0.157. The summed E-state index contributed by atoms with van der Waals surface area (Å²) in [5, 5.41) is 2.90. The lowest BCUT2D eigenvalue weighted by molar-refractivity contribution is -0.120. The van der Waals surface area contributed by atoms with E-state index >= 15 is 0 Å². The zero-order valence-corrected chi connectivity index (χ0v) is 14.4. The van der Waals surface area contributed by atoms with Crippen molar-refractivity contribution in [3.8, 4) is 5.75 Å². The molecule has 130 valence electrons. The normalized spacial score (nSPS) is 10.8. The summed E-state index contributed by atoms with van der Waals surface area (Å²) in [4.78, 5) is 22.8. The van der Waals surface area contributed by atoms with Crippen LogP contribution in [0, 0.1) is 0 Å². The second-order valence-corrected chi connectivity index (χ2v) is 5.89. The summed E-state index contributed by atoms with van der Waals surface area (Å²) < 4.78 is 5.18. The third kappa shape index (κ3) is 5.80. The van der Waals surface area contributed by atoms with Crippen LogP contribution in [0.1, 0.15) is 30.9 Å². The summed E-state index contributed by atoms with van der Waals surface area (Å²) in [5.41, 5.74) is 7.79. The largest absolute Gasteiger partial charge is 0.484 e. The molecule has 0 spiro atoms. The van der Waals surface area contributed by atoms with Crippen LogP contribution >= 0.6 is 0 Å². The zero-order valence-electron chi connectivity index (χ0n) is 14.4. The Balaban J connectivity index is 1.97. The molecule has 25 heavy (non-hydrogen) atoms. The maximum Gasteiger partial charge on any atom is 0.255 e. The van der Waals surface area contributed by atoms with Crippen LogP contribution in [0.2, 0.25) is 0 Å². The molecule has 0 aromatic heterocycles. The molecule has 2 aromatic carbocycles. The van der Waals surface area contributed by atoms with Gasteiger partial charge in [-0.2, -0.15) is 0 Å². The molecule has 0 fully saturated rings. The van der Waals surface area contributed by atoms with Crippen molar-refractivity contribution < 1.29 is 14.3 Å². The van der Waals surface area contributed by atoms with Crippen LogP contribution in [0.4, 0.5) is 5.69 Å². The van der Waals surface area contributed by atoms with Gasteiger partial charge in [-0.15, -0.1) is 0 Å². The molecule has 0 atom stereocenters. The highest BCUT2D eigenvalue weighted by Gasteiger charge is 2.07. The highest BCUT2D eigenvalue weighted by atomic mass is 16.5. The summed E-state index contributed by atoms with van der Waals surface area (Å²) in [6, 6.07) is 14.8. The van der Waals surface area contributed by atoms with E-state index in [1.807, 2.05) is 24.3 Å². The standard InChI is InChI=1S/C20H22N2O3/c1-14(2)17-5-3-4-6-18(17)22-20(24)12-9-15-7-10-16(11-8-15)25-13-19(21)23/h3-12,14H,13H2,1-2H3,(H2,21,23)(H,22,24)/b12-9+. The van der Waals surface area contributed by atoms with E-state index in [9.17, 15) is 9.59 Å². The minimum atomic E-state index is -0.526. The van der Waals surface area contributed by atoms with Crippen LogP contribution in [-0.4, -0.2) is 18.4 Å². The maximum absolute atomic E-state index is 12.1. The smallest absolute Gasteiger partial charge is 0.255 e. The lowest BCUT2D eigenvalue weighted by Gasteiger charge is -2.12. The van der Waals surface area contributed by atoms with Crippen LogP contribution in [0.5, 0.6) is 5.75 Å². The molecule has 3 N–H and O–H groups in total. The van der Waals surface area contributed by atoms with Crippen LogP contribution in [0.15, 0.2) is 54.6 Å². The first-order valence-electron chi connectivity index (χ1n) is 8.05. The highest BCUT2D eigenvalue weighted by Crippen LogP contribution is 2.23. The third-order valence-corrected chi connectivity index (χ3v) is 3.53. The highest BCUT2D eigenvalue weighted by molar-refractivity contribution is 6.02. The molecule has 5 heteroatoms. The Labute approximate surface area is 147 Å². The minimum absolute atomic E-state index is 0.160. The number of ether oxygens (including phenoxy) is 1. The Kier molecular flexibility index (Phi) is 6.34. The number of nitrogens with one attached hydrogen (secondary N) is 1. The zero-order chi connectivity index (χ0) is 18.2. The van der Waals surface area contributed by atoms with E-state index in [-0.39, 0.29) is 12.5 Å². The van der Waals surface area contributed by atoms with Crippen molar-refractivity contribution in [3.63, 3.8) is 0 Å². The van der Waals surface area contributed by atoms with Crippen molar-refractivity contribution in [2.24, 2.45) is 5.73 Å². The van der Waals surface area contributed by atoms with E-state index in [2.05, 4.69) is 19.2 Å². The first-order valence-corrected chi connectivity index (χ1v) is 8.05. The molecule has 2 rings (SSSR count). The molecule has 5 nitrogen and oxygen atoms in total. The molecule has 2 aromatic rings. The van der Waals surface area contributed by atoms with Crippen molar-refractivity contribution >= 4 is 23.6 Å². The number of rotatable bonds is 7. The lowest BCUT2D eigenvalue weighted by Crippen LogP contribution is -2.19. The predicted octanol–water partition coefficient (Wildman–Crippen LogP) is 3.33. The van der Waals surface area contributed by atoms with Gasteiger partial charge in [-0.1, -0.05) is 44.2 Å². The summed E-state index contributed by atoms with van der Waals surface area (Å²) >= 11 is 0. The number of benzene rings is 2. The summed E-state index contributed by atoms with van der Waals surface area (Å²) in [7, 11) is 0. The van der Waals surface area contributed by atoms with Crippen LogP contribution in [0.3, 0.4) is 0 Å². The van der Waals surface area contributed by atoms with Crippen molar-refractivity contribution in [1.29, 1.82) is 0 Å². The van der Waals surface area contributed by atoms with Gasteiger partial charge in [-0.25, -0.2) is 0 Å². The average Bonchev–Trinajstić information content (AvgIpc) is 2.59. The Bertz CT molecular complexity index is 765. The molecule has 0 radical (unpaired) electrons. The average molecular weight is 338 g/mol. The first kappa shape index (κ1) is 18.3. The van der Waals surface area contributed by atoms with Crippen LogP contribution < -0.4 is 15.8 Å². The third-order valence-electron chi connectivity index (χ3n) is 3.53. The number of nitrogens with two attached hydrogens (primary N) is 1. The van der Waals surface area contributed by atoms with Crippen molar-refractivity contribution in [2.45, 2.75) is 19.8 Å². The van der Waals surface area contributed by atoms with Crippen molar-refractivity contribution in [1.82, 2.24) is 0 Å². The van der Waals surface area contributed by atoms with Gasteiger partial charge in [0.25, 0.3) is 5.91 Å². The lowest BCUT2D eigenvalue weighted by atomic mass is 10.0. The van der Waals surface area contributed by atoms with Gasteiger partial charge in [0.1, 0.15) is 5.75 Å². The number of carbonyl (C=O) groups is 2. The number of hydrogen-bond acceptors (Lipinski definition) is 3. The number of para-hydroxylation sites is 1. The fraction of sp³-hybridized carbons (Fsp3) is 0.200. The topological polar surface area (TPSA) is 81.4 Å². The molecular weight excluding hydrogens is 316 g/mol. The van der Waals surface area contributed by atoms with Gasteiger partial charge in [0.2, 0.25) is 5.91 Å². The molecular formula is C20H22N2O3. The number of anilines is 1. The van der Waals surface area contributed by atoms with Crippen molar-refractivity contribution in [3.05, 3.63) is 65.7 Å². The Morgan fingerprint density at radius 1 is 1.12 bits per heavy atom. The van der Waals surface area contributed by atoms with E-state index in [1.165, 1.54) is 6.08 Å². The molecule has 0 aliphatic rings. The molecule has 0 saturated carbocycles. The van der Waals surface area contributed by atoms with Crippen LogP contribution in [0.25, 0.3) is 6.08 Å². The fourth-order valence-electron chi connectivity index (χ4n) is 2.29. The Morgan fingerprint density at radius 3 is 2.44 bits per heavy atom. The molecule has 0 aliphatic heterocycles. The second-order valence-electron chi connectivity index (χ2n) is 5.89. The van der Waals surface area contributed by atoms with Gasteiger partial charge in [-0.05, 0) is 41.3 Å². The van der Waals surface area contributed by atoms with Gasteiger partial charge in [0.05, 0.1) is 0 Å². The van der Waals surface area contributed by atoms with Gasteiger partial charge in [0, 0.05) is 11.8 Å². The minimum Gasteiger partial charge on any atom is -0.484 e. The molecule has 0 heterocycles. The molecule has 2 amide bonds. The maximum atomic E-state index is 12.1. The van der Waals surface area contributed by atoms with Gasteiger partial charge in [-0.3, -0.25) is 9.59 Å². The molecule has 0 saturated heterocycles. The molecule has 0 unspecified atom stereocenters. The molecule has 0 bridgehead atoms. The number of hydrogen-bond donors (Lipinski definition) is 2. The van der Waals surface area contributed by atoms with E-state index in [0.29, 0.717) is 11.7 Å². The SMILES string of the molecule is CC(C)c1ccccc1NC(=O)/C=C/c1ccc(OCC(N)=O)cc1. The first-order chi connectivity index (χ1) is 12.0. The van der Waals surface area contributed by atoms with Gasteiger partial charge >= 0.3 is 0 Å². The monoisotopic (exact) mass is 338 g/mol. The number of primary amides is 1. The van der Waals surface area contributed by atoms with Gasteiger partial charge in [0.15, 0.2) is 6.61 Å². The summed E-state index contributed by atoms with van der Waals surface area (Å²) in [6.07, 6.45) is 3.20. The molecule has 0 aliphatic carbocycles. The quantitative estimate of drug-likeness (QED) is 0.760. The summed E-state index contributed by atoms with van der Waals surface area (Å²) in [6.45, 7) is 4.01. The fourth-order valence-corrected chi connectivity index (χ4v) is 2.29. The Morgan fingerprint density at radius 2 is 1.80 bits per heavy atom. The van der Waals surface area contributed by atoms with E-state index in [0.717, 1.165) is 16.8 Å². The van der Waals surface area contributed by atoms with Crippen LogP contribution in [-0.2, 0) is 9.59 Å². The van der Waals surface area contributed by atoms with E-state index in [4.69, 9.17) is 10.5 Å². The Hall–Kier alpha value is -3.08. The van der Waals surface area contributed by atoms with Crippen molar-refractivity contribution in [2.75, 3.05) is 11.9 Å². The van der Waals surface area contributed by atoms with Gasteiger partial charge < -0.3 is 15.8 Å². The number of amides is 2. The predicted molar refractivity (Wildman–Crippen MR) is 99.3 cm³/mol.